The van der Waals surface area contributed by atoms with Crippen LogP contribution in [-0.4, -0.2) is 19.3 Å². The Kier molecular flexibility index (Phi) is 4.33. The van der Waals surface area contributed by atoms with E-state index in [1.165, 1.54) is 4.31 Å². The van der Waals surface area contributed by atoms with Crippen molar-refractivity contribution in [2.24, 2.45) is 5.92 Å². The van der Waals surface area contributed by atoms with Crippen LogP contribution in [0.4, 0.5) is 0 Å². The van der Waals surface area contributed by atoms with Crippen LogP contribution in [0.25, 0.3) is 0 Å². The number of benzene rings is 1. The number of hydrogen-bond donors (Lipinski definition) is 0. The number of nitrogens with zero attached hydrogens (tertiary/aromatic N) is 1. The molecule has 0 amide bonds. The Labute approximate surface area is 121 Å². The molecule has 0 bridgehead atoms. The van der Waals surface area contributed by atoms with Crippen molar-refractivity contribution >= 4 is 10.0 Å². The summed E-state index contributed by atoms with van der Waals surface area (Å²) in [6.07, 6.45) is 5.72. The van der Waals surface area contributed by atoms with E-state index >= 15 is 0 Å². The van der Waals surface area contributed by atoms with E-state index in [0.29, 0.717) is 17.4 Å². The maximum absolute atomic E-state index is 12.5. The first-order valence-corrected chi connectivity index (χ1v) is 8.33. The predicted molar refractivity (Wildman–Crippen MR) is 81.7 cm³/mol. The van der Waals surface area contributed by atoms with E-state index in [1.54, 1.807) is 18.3 Å². The highest BCUT2D eigenvalue weighted by Crippen LogP contribution is 2.27. The Morgan fingerprint density at radius 1 is 1.30 bits per heavy atom. The Morgan fingerprint density at radius 3 is 2.50 bits per heavy atom. The van der Waals surface area contributed by atoms with Crippen molar-refractivity contribution in [3.63, 3.8) is 0 Å². The Balaban J connectivity index is 2.26. The molecular formula is C16H21NO2S. The van der Waals surface area contributed by atoms with Gasteiger partial charge in [0.1, 0.15) is 0 Å². The van der Waals surface area contributed by atoms with Gasteiger partial charge in [0.2, 0.25) is 0 Å². The van der Waals surface area contributed by atoms with Gasteiger partial charge in [-0.1, -0.05) is 49.3 Å². The molecule has 3 nitrogen and oxygen atoms in total. The van der Waals surface area contributed by atoms with Crippen molar-refractivity contribution in [2.75, 3.05) is 6.54 Å². The van der Waals surface area contributed by atoms with E-state index in [4.69, 9.17) is 0 Å². The number of aryl methyl sites for hydroxylation is 1. The molecular weight excluding hydrogens is 270 g/mol. The second-order valence-corrected chi connectivity index (χ2v) is 7.15. The lowest BCUT2D eigenvalue weighted by molar-refractivity contribution is 0.481. The molecule has 0 fully saturated rings. The summed E-state index contributed by atoms with van der Waals surface area (Å²) < 4.78 is 26.5. The van der Waals surface area contributed by atoms with Crippen molar-refractivity contribution in [2.45, 2.75) is 31.6 Å². The van der Waals surface area contributed by atoms with Gasteiger partial charge in [0, 0.05) is 12.1 Å². The topological polar surface area (TPSA) is 37.4 Å². The van der Waals surface area contributed by atoms with Gasteiger partial charge in [-0.2, -0.15) is 0 Å². The van der Waals surface area contributed by atoms with Crippen LogP contribution < -0.4 is 0 Å². The molecule has 2 rings (SSSR count). The van der Waals surface area contributed by atoms with E-state index in [0.717, 1.165) is 24.0 Å². The minimum atomic E-state index is -3.46. The minimum Gasteiger partial charge on any atom is -0.270 e. The molecule has 4 heteroatoms. The van der Waals surface area contributed by atoms with Crippen LogP contribution >= 0.6 is 0 Å². The maximum Gasteiger partial charge on any atom is 0.264 e. The summed E-state index contributed by atoms with van der Waals surface area (Å²) >= 11 is 0. The normalized spacial score (nSPS) is 19.4. The quantitative estimate of drug-likeness (QED) is 0.796. The van der Waals surface area contributed by atoms with E-state index in [9.17, 15) is 8.42 Å². The summed E-state index contributed by atoms with van der Waals surface area (Å²) in [5, 5.41) is 0. The summed E-state index contributed by atoms with van der Waals surface area (Å²) in [4.78, 5) is 0.328. The Hall–Kier alpha value is -1.55. The van der Waals surface area contributed by atoms with Gasteiger partial charge in [-0.05, 0) is 25.5 Å². The molecule has 20 heavy (non-hydrogen) atoms. The molecule has 0 aromatic heterocycles. The summed E-state index contributed by atoms with van der Waals surface area (Å²) in [6, 6.07) is 6.93. The van der Waals surface area contributed by atoms with Gasteiger partial charge in [-0.25, -0.2) is 8.42 Å². The molecule has 1 unspecified atom stereocenters. The van der Waals surface area contributed by atoms with Crippen LogP contribution in [0.15, 0.2) is 53.6 Å². The smallest absolute Gasteiger partial charge is 0.264 e. The maximum atomic E-state index is 12.5. The van der Waals surface area contributed by atoms with Crippen LogP contribution in [-0.2, 0) is 10.0 Å². The van der Waals surface area contributed by atoms with Crippen molar-refractivity contribution in [3.8, 4) is 0 Å². The van der Waals surface area contributed by atoms with Crippen molar-refractivity contribution in [1.29, 1.82) is 0 Å². The van der Waals surface area contributed by atoms with E-state index in [-0.39, 0.29) is 0 Å². The number of hydrogen-bond acceptors (Lipinski definition) is 2. The highest BCUT2D eigenvalue weighted by atomic mass is 32.2. The summed E-state index contributed by atoms with van der Waals surface area (Å²) in [5.74, 6) is 0.296. The number of rotatable bonds is 4. The third-order valence-electron chi connectivity index (χ3n) is 3.60. The van der Waals surface area contributed by atoms with Crippen LogP contribution in [0.1, 0.15) is 25.3 Å². The van der Waals surface area contributed by atoms with E-state index in [1.807, 2.05) is 25.1 Å². The Bertz CT molecular complexity index is 614. The molecule has 0 saturated carbocycles. The molecule has 1 aromatic rings. The molecule has 0 aliphatic carbocycles. The monoisotopic (exact) mass is 291 g/mol. The van der Waals surface area contributed by atoms with Gasteiger partial charge in [0.25, 0.3) is 10.0 Å². The van der Waals surface area contributed by atoms with Gasteiger partial charge in [-0.15, -0.1) is 0 Å². The Morgan fingerprint density at radius 2 is 1.95 bits per heavy atom. The van der Waals surface area contributed by atoms with Crippen LogP contribution in [0.2, 0.25) is 0 Å². The predicted octanol–water partition coefficient (Wildman–Crippen LogP) is 3.49. The first-order valence-electron chi connectivity index (χ1n) is 6.89. The number of allylic oxidation sites excluding steroid dienone is 1. The van der Waals surface area contributed by atoms with E-state index in [2.05, 4.69) is 13.5 Å². The van der Waals surface area contributed by atoms with Gasteiger partial charge in [-0.3, -0.25) is 4.31 Å². The fourth-order valence-electron chi connectivity index (χ4n) is 2.33. The third kappa shape index (κ3) is 2.96. The largest absolute Gasteiger partial charge is 0.270 e. The second kappa shape index (κ2) is 5.83. The lowest BCUT2D eigenvalue weighted by Gasteiger charge is -2.29. The summed E-state index contributed by atoms with van der Waals surface area (Å²) in [7, 11) is -3.46. The minimum absolute atomic E-state index is 0.296. The average molecular weight is 291 g/mol. The van der Waals surface area contributed by atoms with Crippen LogP contribution in [0, 0.1) is 12.8 Å². The van der Waals surface area contributed by atoms with Gasteiger partial charge in [0.05, 0.1) is 11.4 Å². The lowest BCUT2D eigenvalue weighted by Crippen LogP contribution is -2.32. The summed E-state index contributed by atoms with van der Waals surface area (Å²) in [6.45, 7) is 8.46. The average Bonchev–Trinajstić information content (AvgIpc) is 2.41. The van der Waals surface area contributed by atoms with Gasteiger partial charge < -0.3 is 0 Å². The zero-order valence-corrected chi connectivity index (χ0v) is 12.9. The first kappa shape index (κ1) is 14.9. The summed E-state index contributed by atoms with van der Waals surface area (Å²) in [5.41, 5.74) is 2.01. The van der Waals surface area contributed by atoms with Crippen molar-refractivity contribution in [3.05, 3.63) is 54.3 Å². The zero-order chi connectivity index (χ0) is 14.8. The molecule has 1 aliphatic rings. The molecule has 108 valence electrons. The highest BCUT2D eigenvalue weighted by molar-refractivity contribution is 7.89. The molecule has 0 N–H and O–H groups in total. The lowest BCUT2D eigenvalue weighted by atomic mass is 9.94. The van der Waals surface area contributed by atoms with Crippen molar-refractivity contribution < 1.29 is 8.42 Å². The second-order valence-electron chi connectivity index (χ2n) is 5.26. The molecule has 1 heterocycles. The third-order valence-corrected chi connectivity index (χ3v) is 5.33. The molecule has 1 atom stereocenters. The van der Waals surface area contributed by atoms with Gasteiger partial charge >= 0.3 is 0 Å². The molecule has 1 aliphatic heterocycles. The fourth-order valence-corrected chi connectivity index (χ4v) is 3.65. The first-order chi connectivity index (χ1) is 9.45. The number of sulfonamides is 1. The highest BCUT2D eigenvalue weighted by Gasteiger charge is 2.26. The van der Waals surface area contributed by atoms with E-state index < -0.39 is 10.0 Å². The standard InChI is InChI=1S/C16H21NO2S/c1-4-5-15-10-11-17(12-14(15)3)20(18,19)16-8-6-13(2)7-9-16/h6-11,15H,3-5,12H2,1-2H3. The zero-order valence-electron chi connectivity index (χ0n) is 12.0. The van der Waals surface area contributed by atoms with Crippen LogP contribution in [0.5, 0.6) is 0 Å². The molecule has 0 radical (unpaired) electrons. The van der Waals surface area contributed by atoms with Crippen molar-refractivity contribution in [1.82, 2.24) is 4.31 Å². The van der Waals surface area contributed by atoms with Crippen LogP contribution in [0.3, 0.4) is 0 Å². The fraction of sp³-hybridized carbons (Fsp3) is 0.375. The SMILES string of the molecule is C=C1CN(S(=O)(=O)c2ccc(C)cc2)C=CC1CCC. The molecule has 0 spiro atoms. The molecule has 0 saturated heterocycles. The van der Waals surface area contributed by atoms with Gasteiger partial charge in [0.15, 0.2) is 0 Å². The molecule has 1 aromatic carbocycles.